The molecule has 178 valence electrons. The van der Waals surface area contributed by atoms with Gasteiger partial charge in [-0.3, -0.25) is 14.4 Å². The Morgan fingerprint density at radius 2 is 1.85 bits per heavy atom. The van der Waals surface area contributed by atoms with Gasteiger partial charge in [0.1, 0.15) is 10.7 Å². The molecule has 0 aliphatic carbocycles. The zero-order chi connectivity index (χ0) is 24.3. The van der Waals surface area contributed by atoms with E-state index in [0.717, 1.165) is 37.6 Å². The van der Waals surface area contributed by atoms with Crippen LogP contribution in [0.15, 0.2) is 40.8 Å². The van der Waals surface area contributed by atoms with Crippen LogP contribution in [-0.2, 0) is 17.1 Å². The van der Waals surface area contributed by atoms with Crippen molar-refractivity contribution in [3.63, 3.8) is 0 Å². The normalized spacial score (nSPS) is 15.6. The summed E-state index contributed by atoms with van der Waals surface area (Å²) in [5, 5.41) is 7.57. The van der Waals surface area contributed by atoms with Crippen LogP contribution in [-0.4, -0.2) is 62.2 Å². The molecule has 1 aromatic heterocycles. The Morgan fingerprint density at radius 1 is 1.24 bits per heavy atom. The molecule has 0 radical (unpaired) electrons. The van der Waals surface area contributed by atoms with E-state index in [1.165, 1.54) is 0 Å². The minimum Gasteiger partial charge on any atom is -0.354 e. The topological polar surface area (TPSA) is 91.6 Å². The quantitative estimate of drug-likeness (QED) is 0.351. The predicted molar refractivity (Wildman–Crippen MR) is 136 cm³/mol. The number of nitrogens with zero attached hydrogens (tertiary/aromatic N) is 4. The molecule has 1 fully saturated rings. The smallest absolute Gasteiger partial charge is 0.264 e. The Labute approximate surface area is 205 Å². The molecule has 0 spiro atoms. The molecular formula is C22H28Cl2N6O2S. The summed E-state index contributed by atoms with van der Waals surface area (Å²) >= 11 is 12.9. The number of halogens is 2. The van der Waals surface area contributed by atoms with Crippen LogP contribution in [0.5, 0.6) is 0 Å². The van der Waals surface area contributed by atoms with Crippen LogP contribution in [0.25, 0.3) is 5.57 Å². The highest BCUT2D eigenvalue weighted by atomic mass is 35.5. The van der Waals surface area contributed by atoms with Crippen molar-refractivity contribution >= 4 is 50.3 Å². The van der Waals surface area contributed by atoms with Crippen molar-refractivity contribution in [3.8, 4) is 0 Å². The van der Waals surface area contributed by atoms with Crippen LogP contribution >= 0.6 is 23.2 Å². The molecule has 3 rings (SSSR count). The number of hydrogen-bond donors (Lipinski definition) is 2. The van der Waals surface area contributed by atoms with Gasteiger partial charge in [0, 0.05) is 40.3 Å². The van der Waals surface area contributed by atoms with Crippen molar-refractivity contribution in [2.24, 2.45) is 12.0 Å². The second-order valence-corrected chi connectivity index (χ2v) is 10.1. The number of benzene rings is 1. The van der Waals surface area contributed by atoms with Crippen molar-refractivity contribution in [1.29, 1.82) is 0 Å². The second kappa shape index (κ2) is 10.3. The zero-order valence-electron chi connectivity index (χ0n) is 19.1. The first kappa shape index (κ1) is 25.3. The zero-order valence-corrected chi connectivity index (χ0v) is 21.4. The fourth-order valence-corrected chi connectivity index (χ4v) is 6.07. The number of sulfonamides is 1. The average Bonchev–Trinajstić information content (AvgIpc) is 3.00. The first-order valence-corrected chi connectivity index (χ1v) is 12.6. The van der Waals surface area contributed by atoms with E-state index in [2.05, 4.69) is 31.6 Å². The van der Waals surface area contributed by atoms with E-state index in [-0.39, 0.29) is 14.9 Å². The maximum atomic E-state index is 13.2. The standard InChI is InChI=1S/C22H28Cl2N6O2S/c1-6-16(13-20(25-4)30-9-7-26-8-10-30)17-11-18(23)22(19(24)12-17)33(31,32)28-21-14(2)27-29(5)15(21)3/h6,11-13,26,28H,1,7-10H2,2-5H3/b16-13+,25-20+. The van der Waals surface area contributed by atoms with Gasteiger partial charge in [-0.1, -0.05) is 35.9 Å². The molecule has 1 aliphatic heterocycles. The highest BCUT2D eigenvalue weighted by Crippen LogP contribution is 2.35. The number of hydrogen-bond acceptors (Lipinski definition) is 5. The van der Waals surface area contributed by atoms with Gasteiger partial charge in [0.25, 0.3) is 10.0 Å². The lowest BCUT2D eigenvalue weighted by atomic mass is 10.0. The lowest BCUT2D eigenvalue weighted by Crippen LogP contribution is -2.46. The lowest BCUT2D eigenvalue weighted by Gasteiger charge is -2.29. The van der Waals surface area contributed by atoms with Crippen molar-refractivity contribution in [2.45, 2.75) is 18.7 Å². The van der Waals surface area contributed by atoms with Crippen LogP contribution in [0.1, 0.15) is 17.0 Å². The van der Waals surface area contributed by atoms with Gasteiger partial charge >= 0.3 is 0 Å². The molecule has 1 saturated heterocycles. The highest BCUT2D eigenvalue weighted by molar-refractivity contribution is 7.93. The first-order valence-electron chi connectivity index (χ1n) is 10.4. The van der Waals surface area contributed by atoms with E-state index in [0.29, 0.717) is 22.6 Å². The Bertz CT molecular complexity index is 1200. The summed E-state index contributed by atoms with van der Waals surface area (Å²) in [6, 6.07) is 3.15. The molecule has 11 heteroatoms. The number of aromatic nitrogens is 2. The predicted octanol–water partition coefficient (Wildman–Crippen LogP) is 3.65. The Kier molecular flexibility index (Phi) is 7.89. The van der Waals surface area contributed by atoms with E-state index < -0.39 is 10.0 Å². The third kappa shape index (κ3) is 5.43. The molecule has 8 nitrogen and oxygen atoms in total. The molecule has 0 amide bonds. The van der Waals surface area contributed by atoms with Gasteiger partial charge < -0.3 is 10.2 Å². The summed E-state index contributed by atoms with van der Waals surface area (Å²) in [5.74, 6) is 0.805. The molecule has 1 aromatic carbocycles. The summed E-state index contributed by atoms with van der Waals surface area (Å²) in [7, 11) is -0.575. The maximum absolute atomic E-state index is 13.2. The van der Waals surface area contributed by atoms with Gasteiger partial charge in [-0.25, -0.2) is 8.42 Å². The van der Waals surface area contributed by atoms with Crippen LogP contribution in [0, 0.1) is 13.8 Å². The molecule has 0 unspecified atom stereocenters. The maximum Gasteiger partial charge on any atom is 0.264 e. The van der Waals surface area contributed by atoms with E-state index >= 15 is 0 Å². The fourth-order valence-electron chi connectivity index (χ4n) is 3.68. The Hall–Kier alpha value is -2.33. The molecule has 2 heterocycles. The van der Waals surface area contributed by atoms with Crippen LogP contribution < -0.4 is 10.0 Å². The summed E-state index contributed by atoms with van der Waals surface area (Å²) in [4.78, 5) is 6.39. The summed E-state index contributed by atoms with van der Waals surface area (Å²) in [5.41, 5.74) is 3.01. The van der Waals surface area contributed by atoms with Gasteiger partial charge in [-0.05, 0) is 43.2 Å². The number of aliphatic imine (C=N–C) groups is 1. The van der Waals surface area contributed by atoms with Crippen LogP contribution in [0.2, 0.25) is 10.0 Å². The highest BCUT2D eigenvalue weighted by Gasteiger charge is 2.26. The monoisotopic (exact) mass is 510 g/mol. The van der Waals surface area contributed by atoms with Crippen molar-refractivity contribution < 1.29 is 8.42 Å². The fraction of sp³-hybridized carbons (Fsp3) is 0.364. The Morgan fingerprint density at radius 3 is 2.33 bits per heavy atom. The number of aryl methyl sites for hydroxylation is 2. The molecular weight excluding hydrogens is 483 g/mol. The third-order valence-electron chi connectivity index (χ3n) is 5.52. The number of piperazine rings is 1. The summed E-state index contributed by atoms with van der Waals surface area (Å²) in [6.07, 6.45) is 3.57. The minimum absolute atomic E-state index is 0.00843. The summed E-state index contributed by atoms with van der Waals surface area (Å²) < 4.78 is 30.5. The molecule has 1 aliphatic rings. The van der Waals surface area contributed by atoms with E-state index in [4.69, 9.17) is 23.2 Å². The van der Waals surface area contributed by atoms with Crippen molar-refractivity contribution in [3.05, 3.63) is 57.9 Å². The average molecular weight is 511 g/mol. The van der Waals surface area contributed by atoms with Gasteiger partial charge in [0.15, 0.2) is 0 Å². The number of rotatable bonds is 6. The molecule has 0 atom stereocenters. The first-order chi connectivity index (χ1) is 15.6. The van der Waals surface area contributed by atoms with Gasteiger partial charge in [-0.2, -0.15) is 5.10 Å². The van der Waals surface area contributed by atoms with E-state index in [1.807, 2.05) is 6.08 Å². The van der Waals surface area contributed by atoms with Crippen molar-refractivity contribution in [1.82, 2.24) is 20.0 Å². The van der Waals surface area contributed by atoms with Gasteiger partial charge in [-0.15, -0.1) is 0 Å². The molecule has 0 saturated carbocycles. The second-order valence-electron chi connectivity index (χ2n) is 7.67. The Balaban J connectivity index is 1.98. The molecule has 2 aromatic rings. The number of amidine groups is 1. The van der Waals surface area contributed by atoms with Crippen molar-refractivity contribution in [2.75, 3.05) is 37.9 Å². The molecule has 0 bridgehead atoms. The SMILES string of the molecule is C=C/C(=C\C(=N/C)N1CCNCC1)c1cc(Cl)c(S(=O)(=O)Nc2c(C)nn(C)c2C)c(Cl)c1. The third-order valence-corrected chi connectivity index (χ3v) is 7.79. The lowest BCUT2D eigenvalue weighted by molar-refractivity contribution is 0.358. The van der Waals surface area contributed by atoms with Crippen LogP contribution in [0.4, 0.5) is 5.69 Å². The summed E-state index contributed by atoms with van der Waals surface area (Å²) in [6.45, 7) is 10.8. The van der Waals surface area contributed by atoms with E-state index in [9.17, 15) is 8.42 Å². The molecule has 2 N–H and O–H groups in total. The van der Waals surface area contributed by atoms with Gasteiger partial charge in [0.2, 0.25) is 0 Å². The van der Waals surface area contributed by atoms with Crippen LogP contribution in [0.3, 0.4) is 0 Å². The number of nitrogens with one attached hydrogen (secondary N) is 2. The molecule has 33 heavy (non-hydrogen) atoms. The number of allylic oxidation sites excluding steroid dienone is 2. The number of anilines is 1. The minimum atomic E-state index is -4.05. The van der Waals surface area contributed by atoms with E-state index in [1.54, 1.807) is 50.8 Å². The van der Waals surface area contributed by atoms with Gasteiger partial charge in [0.05, 0.1) is 27.1 Å². The largest absolute Gasteiger partial charge is 0.354 e.